The number of anilines is 1. The number of halogens is 2. The minimum absolute atomic E-state index is 0.120. The lowest BCUT2D eigenvalue weighted by Crippen LogP contribution is -2.26. The van der Waals surface area contributed by atoms with Crippen molar-refractivity contribution < 1.29 is 8.78 Å². The van der Waals surface area contributed by atoms with Gasteiger partial charge in [-0.1, -0.05) is 11.3 Å². The van der Waals surface area contributed by atoms with Crippen LogP contribution in [0.25, 0.3) is 21.7 Å². The summed E-state index contributed by atoms with van der Waals surface area (Å²) >= 11 is 1.26. The van der Waals surface area contributed by atoms with Gasteiger partial charge in [0.15, 0.2) is 5.01 Å². The fourth-order valence-corrected chi connectivity index (χ4v) is 3.98. The summed E-state index contributed by atoms with van der Waals surface area (Å²) < 4.78 is 29.0. The van der Waals surface area contributed by atoms with Gasteiger partial charge < -0.3 is 10.2 Å². The molecule has 26 heavy (non-hydrogen) atoms. The molecule has 1 aliphatic rings. The van der Waals surface area contributed by atoms with Crippen molar-refractivity contribution in [1.82, 2.24) is 25.7 Å². The zero-order chi connectivity index (χ0) is 18.1. The van der Waals surface area contributed by atoms with Crippen molar-refractivity contribution >= 4 is 16.5 Å². The first kappa shape index (κ1) is 17.0. The topological polar surface area (TPSA) is 69.7 Å². The molecule has 0 saturated carbocycles. The van der Waals surface area contributed by atoms with Crippen LogP contribution < -0.4 is 10.2 Å². The lowest BCUT2D eigenvalue weighted by atomic mass is 10.1. The molecule has 0 amide bonds. The highest BCUT2D eigenvalue weighted by atomic mass is 32.1. The first-order valence-electron chi connectivity index (χ1n) is 8.35. The molecule has 1 atom stereocenters. The third-order valence-corrected chi connectivity index (χ3v) is 5.60. The average Bonchev–Trinajstić information content (AvgIpc) is 3.38. The molecule has 2 aromatic heterocycles. The summed E-state index contributed by atoms with van der Waals surface area (Å²) in [5.74, 6) is -0.492. The Hall–Kier alpha value is -2.39. The largest absolute Gasteiger partial charge is 0.349 e. The highest BCUT2D eigenvalue weighted by molar-refractivity contribution is 7.18. The number of aromatic nitrogens is 4. The Kier molecular flexibility index (Phi) is 4.64. The number of nitrogens with one attached hydrogen (secondary N) is 2. The maximum absolute atomic E-state index is 14.6. The van der Waals surface area contributed by atoms with E-state index in [0.29, 0.717) is 21.6 Å². The molecule has 1 aromatic carbocycles. The van der Waals surface area contributed by atoms with E-state index in [4.69, 9.17) is 0 Å². The zero-order valence-electron chi connectivity index (χ0n) is 14.2. The van der Waals surface area contributed by atoms with Gasteiger partial charge in [-0.25, -0.2) is 8.78 Å². The van der Waals surface area contributed by atoms with Crippen LogP contribution in [0, 0.1) is 17.6 Å². The Morgan fingerprint density at radius 1 is 1.23 bits per heavy atom. The van der Waals surface area contributed by atoms with E-state index in [9.17, 15) is 8.78 Å². The van der Waals surface area contributed by atoms with Crippen molar-refractivity contribution in [2.24, 2.45) is 5.92 Å². The smallest absolute Gasteiger partial charge is 0.208 e. The van der Waals surface area contributed by atoms with E-state index in [1.807, 2.05) is 11.9 Å². The SMILES string of the molecule is CN(CC1CCNC1)c1nnc(-c2cc(F)c(-c3cn[nH]c3)cc2F)s1. The Labute approximate surface area is 153 Å². The van der Waals surface area contributed by atoms with Gasteiger partial charge in [0.2, 0.25) is 5.13 Å². The van der Waals surface area contributed by atoms with E-state index in [1.165, 1.54) is 35.9 Å². The maximum Gasteiger partial charge on any atom is 0.208 e. The highest BCUT2D eigenvalue weighted by Gasteiger charge is 2.21. The molecule has 136 valence electrons. The second-order valence-electron chi connectivity index (χ2n) is 6.43. The Bertz CT molecular complexity index is 889. The van der Waals surface area contributed by atoms with Gasteiger partial charge in [0.25, 0.3) is 0 Å². The molecule has 4 rings (SSSR count). The number of benzene rings is 1. The normalized spacial score (nSPS) is 17.0. The van der Waals surface area contributed by atoms with Crippen molar-refractivity contribution in [2.45, 2.75) is 6.42 Å². The van der Waals surface area contributed by atoms with Crippen molar-refractivity contribution in [3.05, 3.63) is 36.2 Å². The third kappa shape index (κ3) is 3.32. The zero-order valence-corrected chi connectivity index (χ0v) is 15.0. The predicted molar refractivity (Wildman–Crippen MR) is 97.1 cm³/mol. The lowest BCUT2D eigenvalue weighted by molar-refractivity contribution is 0.577. The van der Waals surface area contributed by atoms with Crippen LogP contribution in [-0.2, 0) is 0 Å². The second kappa shape index (κ2) is 7.08. The Balaban J connectivity index is 1.58. The summed E-state index contributed by atoms with van der Waals surface area (Å²) in [6, 6.07) is 2.34. The molecule has 9 heteroatoms. The number of H-pyrrole nitrogens is 1. The molecule has 2 N–H and O–H groups in total. The summed E-state index contributed by atoms with van der Waals surface area (Å²) in [5, 5.41) is 19.0. The first-order valence-corrected chi connectivity index (χ1v) is 9.17. The molecule has 1 fully saturated rings. The van der Waals surface area contributed by atoms with Crippen LogP contribution in [0.1, 0.15) is 6.42 Å². The van der Waals surface area contributed by atoms with Gasteiger partial charge in [-0.3, -0.25) is 5.10 Å². The Morgan fingerprint density at radius 2 is 2.04 bits per heavy atom. The summed E-state index contributed by atoms with van der Waals surface area (Å²) in [6.07, 6.45) is 4.10. The van der Waals surface area contributed by atoms with Gasteiger partial charge in [-0.05, 0) is 37.6 Å². The molecule has 3 heterocycles. The summed E-state index contributed by atoms with van der Waals surface area (Å²) in [6.45, 7) is 2.89. The highest BCUT2D eigenvalue weighted by Crippen LogP contribution is 2.34. The van der Waals surface area contributed by atoms with Gasteiger partial charge >= 0.3 is 0 Å². The molecule has 6 nitrogen and oxygen atoms in total. The van der Waals surface area contributed by atoms with Crippen LogP contribution in [0.15, 0.2) is 24.5 Å². The molecule has 0 spiro atoms. The molecule has 0 bridgehead atoms. The van der Waals surface area contributed by atoms with Gasteiger partial charge in [-0.15, -0.1) is 10.2 Å². The number of aromatic amines is 1. The predicted octanol–water partition coefficient (Wildman–Crippen LogP) is 2.92. The molecule has 1 aliphatic heterocycles. The summed E-state index contributed by atoms with van der Waals surface area (Å²) in [5.41, 5.74) is 0.779. The summed E-state index contributed by atoms with van der Waals surface area (Å²) in [4.78, 5) is 2.02. The van der Waals surface area contributed by atoms with Crippen LogP contribution in [0.3, 0.4) is 0 Å². The van der Waals surface area contributed by atoms with Crippen molar-refractivity contribution in [3.8, 4) is 21.7 Å². The average molecular weight is 376 g/mol. The van der Waals surface area contributed by atoms with Crippen LogP contribution >= 0.6 is 11.3 Å². The van der Waals surface area contributed by atoms with Crippen molar-refractivity contribution in [1.29, 1.82) is 0 Å². The van der Waals surface area contributed by atoms with Gasteiger partial charge in [0.1, 0.15) is 11.6 Å². The minimum Gasteiger partial charge on any atom is -0.349 e. The van der Waals surface area contributed by atoms with E-state index < -0.39 is 11.6 Å². The van der Waals surface area contributed by atoms with Gasteiger partial charge in [0.05, 0.1) is 11.8 Å². The van der Waals surface area contributed by atoms with Gasteiger partial charge in [0, 0.05) is 30.9 Å². The first-order chi connectivity index (χ1) is 12.6. The van der Waals surface area contributed by atoms with Crippen LogP contribution in [0.4, 0.5) is 13.9 Å². The monoisotopic (exact) mass is 376 g/mol. The quantitative estimate of drug-likeness (QED) is 0.717. The molecule has 0 aliphatic carbocycles. The number of rotatable bonds is 5. The molecular weight excluding hydrogens is 358 g/mol. The fourth-order valence-electron chi connectivity index (χ4n) is 3.14. The summed E-state index contributed by atoms with van der Waals surface area (Å²) in [7, 11) is 1.95. The standard InChI is InChI=1S/C17H18F2N6S/c1-25(9-10-2-3-20-6-10)17-24-23-16(26-17)13-5-14(18)12(4-15(13)19)11-7-21-22-8-11/h4-5,7-8,10,20H,2-3,6,9H2,1H3,(H,21,22). The fraction of sp³-hybridized carbons (Fsp3) is 0.353. The minimum atomic E-state index is -0.534. The number of hydrogen-bond acceptors (Lipinski definition) is 6. The van der Waals surface area contributed by atoms with Crippen molar-refractivity contribution in [2.75, 3.05) is 31.6 Å². The molecule has 3 aromatic rings. The van der Waals surface area contributed by atoms with E-state index in [0.717, 1.165) is 26.1 Å². The second-order valence-corrected chi connectivity index (χ2v) is 7.38. The lowest BCUT2D eigenvalue weighted by Gasteiger charge is -2.18. The molecule has 0 radical (unpaired) electrons. The third-order valence-electron chi connectivity index (χ3n) is 4.53. The van der Waals surface area contributed by atoms with E-state index >= 15 is 0 Å². The maximum atomic E-state index is 14.6. The molecular formula is C17H18F2N6S. The van der Waals surface area contributed by atoms with Crippen molar-refractivity contribution in [3.63, 3.8) is 0 Å². The van der Waals surface area contributed by atoms with E-state index in [-0.39, 0.29) is 11.1 Å². The number of hydrogen-bond donors (Lipinski definition) is 2. The number of nitrogens with zero attached hydrogens (tertiary/aromatic N) is 4. The van der Waals surface area contributed by atoms with E-state index in [2.05, 4.69) is 25.7 Å². The molecule has 1 unspecified atom stereocenters. The molecule has 1 saturated heterocycles. The van der Waals surface area contributed by atoms with Crippen LogP contribution in [-0.4, -0.2) is 47.1 Å². The van der Waals surface area contributed by atoms with Crippen LogP contribution in [0.2, 0.25) is 0 Å². The van der Waals surface area contributed by atoms with E-state index in [1.54, 1.807) is 0 Å². The van der Waals surface area contributed by atoms with Crippen LogP contribution in [0.5, 0.6) is 0 Å². The Morgan fingerprint density at radius 3 is 2.77 bits per heavy atom. The van der Waals surface area contributed by atoms with Gasteiger partial charge in [-0.2, -0.15) is 5.10 Å².